The van der Waals surface area contributed by atoms with Crippen molar-refractivity contribution < 1.29 is 9.59 Å². The molecule has 0 atom stereocenters. The Morgan fingerprint density at radius 1 is 1.07 bits per heavy atom. The summed E-state index contributed by atoms with van der Waals surface area (Å²) in [5.74, 6) is -0.0382. The van der Waals surface area contributed by atoms with Crippen LogP contribution in [0.4, 0.5) is 0 Å². The van der Waals surface area contributed by atoms with Crippen molar-refractivity contribution in [2.75, 3.05) is 27.2 Å². The lowest BCUT2D eigenvalue weighted by molar-refractivity contribution is -0.128. The maximum Gasteiger partial charge on any atom is 0.251 e. The molecule has 0 spiro atoms. The summed E-state index contributed by atoms with van der Waals surface area (Å²) in [5.41, 5.74) is 13.0. The molecule has 156 valence electrons. The largest absolute Gasteiger partial charge is 0.401 e. The first-order valence-electron chi connectivity index (χ1n) is 10.0. The topological polar surface area (TPSA) is 87.8 Å². The second kappa shape index (κ2) is 9.39. The van der Waals surface area contributed by atoms with Crippen LogP contribution < -0.4 is 11.1 Å². The number of nitrogens with two attached hydrogens (primary N) is 1. The molecule has 6 nitrogen and oxygen atoms in total. The van der Waals surface area contributed by atoms with Gasteiger partial charge in [-0.1, -0.05) is 36.4 Å². The standard InChI is InChI=1S/C24H28N4O2/c1-16(29)28-13-12-23(26-2)21(15-28)22(25)14-17-4-6-18(7-5-17)19-8-10-20(11-9-19)24(30)27-3/h4-11H,12-15,25H2,1-3H3,(H,27,30). The van der Waals surface area contributed by atoms with Gasteiger partial charge in [-0.05, 0) is 28.8 Å². The van der Waals surface area contributed by atoms with Crippen LogP contribution in [-0.4, -0.2) is 49.6 Å². The number of benzene rings is 2. The lowest BCUT2D eigenvalue weighted by atomic mass is 9.96. The number of aliphatic imine (C=N–C) groups is 1. The average molecular weight is 405 g/mol. The predicted octanol–water partition coefficient (Wildman–Crippen LogP) is 2.79. The Hall–Kier alpha value is -3.41. The fraction of sp³-hybridized carbons (Fsp3) is 0.292. The molecule has 0 radical (unpaired) electrons. The molecule has 3 rings (SSSR count). The molecular formula is C24H28N4O2. The minimum atomic E-state index is -0.0959. The first-order valence-corrected chi connectivity index (χ1v) is 10.0. The van der Waals surface area contributed by atoms with Crippen LogP contribution in [0.15, 0.2) is 64.8 Å². The minimum Gasteiger partial charge on any atom is -0.401 e. The Labute approximate surface area is 177 Å². The molecule has 2 amide bonds. The molecular weight excluding hydrogens is 376 g/mol. The van der Waals surface area contributed by atoms with Crippen LogP contribution in [-0.2, 0) is 11.2 Å². The number of hydrogen-bond donors (Lipinski definition) is 2. The normalized spacial score (nSPS) is 17.0. The number of nitrogens with zero attached hydrogens (tertiary/aromatic N) is 2. The van der Waals surface area contributed by atoms with E-state index in [9.17, 15) is 9.59 Å². The molecule has 2 aromatic rings. The van der Waals surface area contributed by atoms with Crippen LogP contribution in [0.5, 0.6) is 0 Å². The molecule has 1 aliphatic rings. The quantitative estimate of drug-likeness (QED) is 0.821. The number of likely N-dealkylation sites (tertiary alicyclic amines) is 1. The van der Waals surface area contributed by atoms with Crippen molar-refractivity contribution in [1.29, 1.82) is 0 Å². The smallest absolute Gasteiger partial charge is 0.251 e. The van der Waals surface area contributed by atoms with Crippen LogP contribution in [0.3, 0.4) is 0 Å². The molecule has 1 fully saturated rings. The zero-order chi connectivity index (χ0) is 21.7. The van der Waals surface area contributed by atoms with E-state index in [4.69, 9.17) is 5.73 Å². The van der Waals surface area contributed by atoms with Crippen LogP contribution in [0.1, 0.15) is 29.3 Å². The third kappa shape index (κ3) is 4.76. The van der Waals surface area contributed by atoms with E-state index < -0.39 is 0 Å². The molecule has 0 unspecified atom stereocenters. The number of allylic oxidation sites excluding steroid dienone is 1. The molecule has 0 bridgehead atoms. The molecule has 1 saturated heterocycles. The summed E-state index contributed by atoms with van der Waals surface area (Å²) in [6.07, 6.45) is 1.34. The third-order valence-electron chi connectivity index (χ3n) is 5.47. The van der Waals surface area contributed by atoms with Gasteiger partial charge in [-0.3, -0.25) is 14.6 Å². The number of piperidine rings is 1. The fourth-order valence-electron chi connectivity index (χ4n) is 3.66. The van der Waals surface area contributed by atoms with E-state index >= 15 is 0 Å². The van der Waals surface area contributed by atoms with Gasteiger partial charge in [-0.2, -0.15) is 0 Å². The maximum atomic E-state index is 11.8. The van der Waals surface area contributed by atoms with E-state index in [0.29, 0.717) is 25.1 Å². The van der Waals surface area contributed by atoms with Crippen LogP contribution >= 0.6 is 0 Å². The summed E-state index contributed by atoms with van der Waals surface area (Å²) < 4.78 is 0. The molecule has 0 saturated carbocycles. The molecule has 6 heteroatoms. The van der Waals surface area contributed by atoms with Gasteiger partial charge in [0.05, 0.1) is 0 Å². The molecule has 0 aliphatic carbocycles. The van der Waals surface area contributed by atoms with Crippen molar-refractivity contribution in [3.05, 3.63) is 70.9 Å². The molecule has 30 heavy (non-hydrogen) atoms. The Bertz CT molecular complexity index is 989. The first-order chi connectivity index (χ1) is 14.4. The molecule has 3 N–H and O–H groups in total. The van der Waals surface area contributed by atoms with Gasteiger partial charge in [0.25, 0.3) is 5.91 Å². The number of carbonyl (C=O) groups is 2. The van der Waals surface area contributed by atoms with Crippen LogP contribution in [0.25, 0.3) is 11.1 Å². The lowest BCUT2D eigenvalue weighted by Crippen LogP contribution is -2.40. The highest BCUT2D eigenvalue weighted by molar-refractivity contribution is 6.02. The molecule has 1 aliphatic heterocycles. The van der Waals surface area contributed by atoms with Crippen molar-refractivity contribution in [2.45, 2.75) is 19.8 Å². The van der Waals surface area contributed by atoms with E-state index in [1.54, 1.807) is 21.0 Å². The Kier molecular flexibility index (Phi) is 6.67. The average Bonchev–Trinajstić information content (AvgIpc) is 2.78. The summed E-state index contributed by atoms with van der Waals surface area (Å²) in [7, 11) is 3.40. The van der Waals surface area contributed by atoms with Gasteiger partial charge in [0.15, 0.2) is 0 Å². The van der Waals surface area contributed by atoms with Crippen molar-refractivity contribution in [3.63, 3.8) is 0 Å². The number of nitrogens with one attached hydrogen (secondary N) is 1. The summed E-state index contributed by atoms with van der Waals surface area (Å²) in [4.78, 5) is 29.6. The summed E-state index contributed by atoms with van der Waals surface area (Å²) in [6.45, 7) is 2.79. The Morgan fingerprint density at radius 2 is 1.67 bits per heavy atom. The maximum absolute atomic E-state index is 11.8. The monoisotopic (exact) mass is 404 g/mol. The van der Waals surface area contributed by atoms with E-state index in [0.717, 1.165) is 40.1 Å². The second-order valence-corrected chi connectivity index (χ2v) is 7.39. The lowest BCUT2D eigenvalue weighted by Gasteiger charge is -2.30. The van der Waals surface area contributed by atoms with Crippen molar-refractivity contribution >= 4 is 17.5 Å². The summed E-state index contributed by atoms with van der Waals surface area (Å²) >= 11 is 0. The fourth-order valence-corrected chi connectivity index (χ4v) is 3.66. The van der Waals surface area contributed by atoms with Gasteiger partial charge in [-0.25, -0.2) is 0 Å². The molecule has 0 aromatic heterocycles. The SMILES string of the molecule is CN=C1CCN(C(C)=O)CC1=C(N)Cc1ccc(-c2ccc(C(=O)NC)cc2)cc1. The zero-order valence-electron chi connectivity index (χ0n) is 17.7. The van der Waals surface area contributed by atoms with Gasteiger partial charge in [0.1, 0.15) is 0 Å². The van der Waals surface area contributed by atoms with Gasteiger partial charge >= 0.3 is 0 Å². The molecule has 2 aromatic carbocycles. The zero-order valence-corrected chi connectivity index (χ0v) is 17.7. The van der Waals surface area contributed by atoms with Gasteiger partial charge in [0, 0.05) is 69.5 Å². The number of rotatable bonds is 4. The first kappa shape index (κ1) is 21.3. The van der Waals surface area contributed by atoms with Gasteiger partial charge < -0.3 is 16.0 Å². The molecule has 1 heterocycles. The van der Waals surface area contributed by atoms with E-state index in [1.165, 1.54) is 0 Å². The predicted molar refractivity (Wildman–Crippen MR) is 120 cm³/mol. The summed E-state index contributed by atoms with van der Waals surface area (Å²) in [6, 6.07) is 15.8. The van der Waals surface area contributed by atoms with Crippen LogP contribution in [0.2, 0.25) is 0 Å². The highest BCUT2D eigenvalue weighted by Crippen LogP contribution is 2.22. The second-order valence-electron chi connectivity index (χ2n) is 7.39. The Balaban J connectivity index is 1.76. The van der Waals surface area contributed by atoms with E-state index in [-0.39, 0.29) is 11.8 Å². The number of amides is 2. The van der Waals surface area contributed by atoms with Gasteiger partial charge in [-0.15, -0.1) is 0 Å². The van der Waals surface area contributed by atoms with Crippen molar-refractivity contribution in [1.82, 2.24) is 10.2 Å². The van der Waals surface area contributed by atoms with Crippen LogP contribution in [0, 0.1) is 0 Å². The van der Waals surface area contributed by atoms with Gasteiger partial charge in [0.2, 0.25) is 5.91 Å². The van der Waals surface area contributed by atoms with E-state index in [2.05, 4.69) is 34.6 Å². The van der Waals surface area contributed by atoms with Crippen molar-refractivity contribution in [2.24, 2.45) is 10.7 Å². The highest BCUT2D eigenvalue weighted by atomic mass is 16.2. The Morgan fingerprint density at radius 3 is 2.20 bits per heavy atom. The third-order valence-corrected chi connectivity index (χ3v) is 5.47. The summed E-state index contributed by atoms with van der Waals surface area (Å²) in [5, 5.41) is 2.62. The highest BCUT2D eigenvalue weighted by Gasteiger charge is 2.23. The number of hydrogen-bond acceptors (Lipinski definition) is 4. The van der Waals surface area contributed by atoms with E-state index in [1.807, 2.05) is 29.2 Å². The number of carbonyl (C=O) groups excluding carboxylic acids is 2. The minimum absolute atomic E-state index is 0.0576. The van der Waals surface area contributed by atoms with Crippen molar-refractivity contribution in [3.8, 4) is 11.1 Å².